The summed E-state index contributed by atoms with van der Waals surface area (Å²) >= 11 is 5.94. The van der Waals surface area contributed by atoms with E-state index in [9.17, 15) is 9.59 Å². The average Bonchev–Trinajstić information content (AvgIpc) is 2.87. The number of carbonyl (C=O) groups excluding carboxylic acids is 1. The highest BCUT2D eigenvalue weighted by molar-refractivity contribution is 6.32. The van der Waals surface area contributed by atoms with Crippen LogP contribution >= 0.6 is 11.6 Å². The van der Waals surface area contributed by atoms with E-state index >= 15 is 0 Å². The van der Waals surface area contributed by atoms with Crippen LogP contribution < -0.4 is 14.8 Å². The number of hydrogen-bond donors (Lipinski definition) is 3. The van der Waals surface area contributed by atoms with Gasteiger partial charge < -0.3 is 25.0 Å². The van der Waals surface area contributed by atoms with E-state index in [2.05, 4.69) is 5.32 Å². The largest absolute Gasteiger partial charge is 0.479 e. The highest BCUT2D eigenvalue weighted by Crippen LogP contribution is 2.39. The first kappa shape index (κ1) is 14.4. The first-order valence-corrected chi connectivity index (χ1v) is 6.15. The third kappa shape index (κ3) is 3.12. The number of aliphatic carboxylic acids is 1. The lowest BCUT2D eigenvalue weighted by atomic mass is 10.2. The molecular weight excluding hydrogens is 290 g/mol. The van der Waals surface area contributed by atoms with Crippen molar-refractivity contribution in [2.24, 2.45) is 0 Å². The van der Waals surface area contributed by atoms with Crippen LogP contribution in [0.25, 0.3) is 0 Å². The Morgan fingerprint density at radius 1 is 1.40 bits per heavy atom. The fourth-order valence-corrected chi connectivity index (χ4v) is 1.91. The molecule has 0 aliphatic carbocycles. The Kier molecular flexibility index (Phi) is 4.31. The number of hydrogen-bond acceptors (Lipinski definition) is 5. The fourth-order valence-electron chi connectivity index (χ4n) is 1.65. The van der Waals surface area contributed by atoms with Crippen LogP contribution in [0.5, 0.6) is 11.5 Å². The van der Waals surface area contributed by atoms with Crippen LogP contribution in [0, 0.1) is 0 Å². The molecule has 0 radical (unpaired) electrons. The fraction of sp³-hybridized carbons (Fsp3) is 0.333. The van der Waals surface area contributed by atoms with Gasteiger partial charge in [-0.1, -0.05) is 11.6 Å². The van der Waals surface area contributed by atoms with Gasteiger partial charge in [-0.25, -0.2) is 4.79 Å². The summed E-state index contributed by atoms with van der Waals surface area (Å²) in [7, 11) is 0. The normalized spacial score (nSPS) is 13.9. The average molecular weight is 302 g/mol. The molecule has 1 aliphatic heterocycles. The predicted octanol–water partition coefficient (Wildman–Crippen LogP) is 0.634. The molecule has 0 saturated heterocycles. The van der Waals surface area contributed by atoms with Gasteiger partial charge in [0.25, 0.3) is 5.91 Å². The monoisotopic (exact) mass is 301 g/mol. The van der Waals surface area contributed by atoms with Gasteiger partial charge in [0.1, 0.15) is 0 Å². The molecule has 8 heteroatoms. The molecular formula is C12H12ClNO6. The molecule has 2 rings (SSSR count). The number of carboxylic acids is 1. The van der Waals surface area contributed by atoms with Crippen molar-refractivity contribution in [3.05, 3.63) is 22.7 Å². The first-order valence-electron chi connectivity index (χ1n) is 5.77. The lowest BCUT2D eigenvalue weighted by Crippen LogP contribution is -2.30. The van der Waals surface area contributed by atoms with Crippen molar-refractivity contribution in [1.29, 1.82) is 0 Å². The summed E-state index contributed by atoms with van der Waals surface area (Å²) in [5.41, 5.74) is 0.268. The number of carboxylic acid groups (broad SMARTS) is 1. The van der Waals surface area contributed by atoms with E-state index in [0.717, 1.165) is 0 Å². The number of benzene rings is 1. The molecule has 1 aliphatic rings. The number of aliphatic hydroxyl groups is 1. The zero-order valence-corrected chi connectivity index (χ0v) is 11.0. The summed E-state index contributed by atoms with van der Waals surface area (Å²) in [5.74, 6) is -0.995. The predicted molar refractivity (Wildman–Crippen MR) is 68.2 cm³/mol. The van der Waals surface area contributed by atoms with Crippen molar-refractivity contribution in [3.8, 4) is 11.5 Å². The molecule has 1 heterocycles. The summed E-state index contributed by atoms with van der Waals surface area (Å²) in [5, 5.41) is 20.3. The van der Waals surface area contributed by atoms with Gasteiger partial charge in [-0.15, -0.1) is 0 Å². The van der Waals surface area contributed by atoms with Crippen LogP contribution in [-0.2, 0) is 4.79 Å². The van der Waals surface area contributed by atoms with Gasteiger partial charge in [0.15, 0.2) is 17.6 Å². The van der Waals surface area contributed by atoms with Gasteiger partial charge >= 0.3 is 5.97 Å². The van der Waals surface area contributed by atoms with Crippen LogP contribution in [0.15, 0.2) is 12.1 Å². The van der Waals surface area contributed by atoms with Crippen molar-refractivity contribution in [1.82, 2.24) is 5.32 Å². The van der Waals surface area contributed by atoms with Crippen molar-refractivity contribution in [3.63, 3.8) is 0 Å². The minimum atomic E-state index is -1.50. The van der Waals surface area contributed by atoms with Crippen molar-refractivity contribution < 1.29 is 29.3 Å². The summed E-state index contributed by atoms with van der Waals surface area (Å²) in [4.78, 5) is 22.3. The molecule has 0 unspecified atom stereocenters. The molecule has 1 aromatic rings. The van der Waals surface area contributed by atoms with Crippen molar-refractivity contribution in [2.75, 3.05) is 13.3 Å². The third-order valence-corrected chi connectivity index (χ3v) is 2.96. The second kappa shape index (κ2) is 5.98. The molecule has 1 atom stereocenters. The molecule has 0 spiro atoms. The first-order chi connectivity index (χ1) is 9.49. The number of nitrogens with one attached hydrogen (secondary N) is 1. The van der Waals surface area contributed by atoms with Gasteiger partial charge in [0.2, 0.25) is 6.79 Å². The van der Waals surface area contributed by atoms with Gasteiger partial charge in [-0.2, -0.15) is 0 Å². The molecule has 0 fully saturated rings. The number of fused-ring (bicyclic) bond motifs is 1. The van der Waals surface area contributed by atoms with E-state index in [4.69, 9.17) is 31.3 Å². The van der Waals surface area contributed by atoms with E-state index in [1.165, 1.54) is 12.1 Å². The number of ether oxygens (including phenoxy) is 2. The Labute approximate surface area is 119 Å². The van der Waals surface area contributed by atoms with Gasteiger partial charge in [0.05, 0.1) is 5.02 Å². The van der Waals surface area contributed by atoms with Gasteiger partial charge in [0, 0.05) is 18.5 Å². The van der Waals surface area contributed by atoms with E-state index in [1.54, 1.807) is 0 Å². The molecule has 20 heavy (non-hydrogen) atoms. The standard InChI is InChI=1S/C12H12ClNO6/c13-7-3-6(4-9-10(7)20-5-19-9)11(16)14-2-1-8(15)12(17)18/h3-4,8,15H,1-2,5H2,(H,14,16)(H,17,18)/t8-/m0/s1. The van der Waals surface area contributed by atoms with E-state index < -0.39 is 18.0 Å². The number of carbonyl (C=O) groups is 2. The summed E-state index contributed by atoms with van der Waals surface area (Å²) < 4.78 is 10.3. The highest BCUT2D eigenvalue weighted by atomic mass is 35.5. The molecule has 108 valence electrons. The Hall–Kier alpha value is -1.99. The van der Waals surface area contributed by atoms with Crippen LogP contribution in [0.4, 0.5) is 0 Å². The van der Waals surface area contributed by atoms with Crippen LogP contribution in [0.1, 0.15) is 16.8 Å². The Bertz CT molecular complexity index is 547. The maximum atomic E-state index is 11.9. The Balaban J connectivity index is 1.96. The molecule has 0 aromatic heterocycles. The zero-order chi connectivity index (χ0) is 14.7. The molecule has 7 nitrogen and oxygen atoms in total. The van der Waals surface area contributed by atoms with Crippen LogP contribution in [0.2, 0.25) is 5.02 Å². The minimum absolute atomic E-state index is 0.0262. The SMILES string of the molecule is O=C(NCC[C@H](O)C(=O)O)c1cc(Cl)c2c(c1)OCO2. The summed E-state index contributed by atoms with van der Waals surface area (Å²) in [6.07, 6.45) is -1.59. The van der Waals surface area contributed by atoms with E-state index in [-0.39, 0.29) is 30.3 Å². The lowest BCUT2D eigenvalue weighted by Gasteiger charge is -2.08. The highest BCUT2D eigenvalue weighted by Gasteiger charge is 2.21. The quantitative estimate of drug-likeness (QED) is 0.737. The van der Waals surface area contributed by atoms with E-state index in [1.807, 2.05) is 0 Å². The molecule has 0 bridgehead atoms. The number of aliphatic hydroxyl groups excluding tert-OH is 1. The Morgan fingerprint density at radius 2 is 2.15 bits per heavy atom. The van der Waals surface area contributed by atoms with Crippen LogP contribution in [0.3, 0.4) is 0 Å². The van der Waals surface area contributed by atoms with E-state index in [0.29, 0.717) is 11.5 Å². The van der Waals surface area contributed by atoms with Gasteiger partial charge in [-0.3, -0.25) is 4.79 Å². The maximum absolute atomic E-state index is 11.9. The second-order valence-electron chi connectivity index (χ2n) is 4.09. The Morgan fingerprint density at radius 3 is 2.85 bits per heavy atom. The number of halogens is 1. The third-order valence-electron chi connectivity index (χ3n) is 2.68. The molecule has 1 aromatic carbocycles. The molecule has 0 saturated carbocycles. The minimum Gasteiger partial charge on any atom is -0.479 e. The van der Waals surface area contributed by atoms with Gasteiger partial charge in [-0.05, 0) is 12.1 Å². The van der Waals surface area contributed by atoms with Crippen LogP contribution in [-0.4, -0.2) is 41.5 Å². The second-order valence-corrected chi connectivity index (χ2v) is 4.50. The zero-order valence-electron chi connectivity index (χ0n) is 10.3. The molecule has 3 N–H and O–H groups in total. The topological polar surface area (TPSA) is 105 Å². The van der Waals surface area contributed by atoms with Crippen molar-refractivity contribution in [2.45, 2.75) is 12.5 Å². The smallest absolute Gasteiger partial charge is 0.332 e. The number of amides is 1. The maximum Gasteiger partial charge on any atom is 0.332 e. The lowest BCUT2D eigenvalue weighted by molar-refractivity contribution is -0.146. The summed E-state index contributed by atoms with van der Waals surface area (Å²) in [6, 6.07) is 2.91. The number of rotatable bonds is 5. The van der Waals surface area contributed by atoms with Crippen molar-refractivity contribution >= 4 is 23.5 Å². The summed E-state index contributed by atoms with van der Waals surface area (Å²) in [6.45, 7) is 0.0727. The molecule has 1 amide bonds.